The van der Waals surface area contributed by atoms with Crippen molar-refractivity contribution in [1.82, 2.24) is 4.90 Å². The van der Waals surface area contributed by atoms with Crippen LogP contribution >= 0.6 is 15.9 Å². The number of aryl methyl sites for hydroxylation is 1. The van der Waals surface area contributed by atoms with Crippen molar-refractivity contribution >= 4 is 27.6 Å². The number of nitrogens with one attached hydrogen (secondary N) is 1. The number of guanidine groups is 1. The molecule has 3 aromatic carbocycles. The SMILES string of the molecule is Cc1cc(O)ccc1NC(=NCc1cc(Br)ccc1F)N1CCc2ccccc2C1. The Morgan fingerprint density at radius 2 is 1.93 bits per heavy atom. The Labute approximate surface area is 184 Å². The van der Waals surface area contributed by atoms with Gasteiger partial charge in [0.25, 0.3) is 0 Å². The first-order valence-electron chi connectivity index (χ1n) is 9.86. The molecule has 0 aromatic heterocycles. The van der Waals surface area contributed by atoms with Crippen LogP contribution in [0.2, 0.25) is 0 Å². The van der Waals surface area contributed by atoms with Gasteiger partial charge in [-0.15, -0.1) is 0 Å². The maximum Gasteiger partial charge on any atom is 0.199 e. The van der Waals surface area contributed by atoms with Crippen molar-refractivity contribution in [3.8, 4) is 5.75 Å². The number of hydrogen-bond donors (Lipinski definition) is 2. The van der Waals surface area contributed by atoms with Gasteiger partial charge in [-0.25, -0.2) is 9.38 Å². The number of nitrogens with zero attached hydrogens (tertiary/aromatic N) is 2. The maximum absolute atomic E-state index is 14.2. The van der Waals surface area contributed by atoms with Crippen LogP contribution in [-0.2, 0) is 19.5 Å². The molecule has 4 rings (SSSR count). The van der Waals surface area contributed by atoms with E-state index in [1.54, 1.807) is 24.3 Å². The van der Waals surface area contributed by atoms with Crippen LogP contribution in [0.5, 0.6) is 5.75 Å². The average Bonchev–Trinajstić information content (AvgIpc) is 2.74. The Bertz CT molecular complexity index is 1100. The number of phenols is 1. The first-order chi connectivity index (χ1) is 14.5. The van der Waals surface area contributed by atoms with E-state index in [-0.39, 0.29) is 18.1 Å². The number of aromatic hydroxyl groups is 1. The summed E-state index contributed by atoms with van der Waals surface area (Å²) in [6, 6.07) is 18.5. The molecule has 3 aromatic rings. The highest BCUT2D eigenvalue weighted by Gasteiger charge is 2.20. The molecule has 0 spiro atoms. The van der Waals surface area contributed by atoms with Gasteiger partial charge in [0.1, 0.15) is 11.6 Å². The standard InChI is InChI=1S/C24H23BrFN3O/c1-16-12-21(30)7-9-23(16)28-24(27-14-19-13-20(25)6-8-22(19)26)29-11-10-17-4-2-3-5-18(17)15-29/h2-9,12-13,30H,10-11,14-15H2,1H3,(H,27,28). The Morgan fingerprint density at radius 3 is 2.73 bits per heavy atom. The van der Waals surface area contributed by atoms with Gasteiger partial charge < -0.3 is 15.3 Å². The summed E-state index contributed by atoms with van der Waals surface area (Å²) in [5.74, 6) is 0.642. The van der Waals surface area contributed by atoms with Gasteiger partial charge in [0.2, 0.25) is 0 Å². The summed E-state index contributed by atoms with van der Waals surface area (Å²) in [4.78, 5) is 6.94. The number of hydrogen-bond acceptors (Lipinski definition) is 2. The molecule has 0 atom stereocenters. The molecule has 0 bridgehead atoms. The van der Waals surface area contributed by atoms with E-state index in [0.717, 1.165) is 35.2 Å². The molecule has 6 heteroatoms. The molecule has 1 aliphatic heterocycles. The van der Waals surface area contributed by atoms with E-state index in [9.17, 15) is 9.50 Å². The van der Waals surface area contributed by atoms with Crippen molar-refractivity contribution in [2.75, 3.05) is 11.9 Å². The van der Waals surface area contributed by atoms with Gasteiger partial charge in [-0.05, 0) is 66.4 Å². The van der Waals surface area contributed by atoms with Gasteiger partial charge in [0, 0.05) is 28.8 Å². The van der Waals surface area contributed by atoms with Gasteiger partial charge in [-0.1, -0.05) is 40.2 Å². The molecule has 1 aliphatic rings. The molecule has 30 heavy (non-hydrogen) atoms. The Kier molecular flexibility index (Phi) is 6.04. The fraction of sp³-hybridized carbons (Fsp3) is 0.208. The Hall–Kier alpha value is -2.86. The van der Waals surface area contributed by atoms with E-state index in [1.807, 2.05) is 19.1 Å². The van der Waals surface area contributed by atoms with Crippen LogP contribution < -0.4 is 5.32 Å². The van der Waals surface area contributed by atoms with Crippen molar-refractivity contribution in [1.29, 1.82) is 0 Å². The largest absolute Gasteiger partial charge is 0.508 e. The summed E-state index contributed by atoms with van der Waals surface area (Å²) in [7, 11) is 0. The van der Waals surface area contributed by atoms with Crippen LogP contribution in [0.25, 0.3) is 0 Å². The zero-order valence-electron chi connectivity index (χ0n) is 16.7. The van der Waals surface area contributed by atoms with E-state index >= 15 is 0 Å². The number of aliphatic imine (C=N–C) groups is 1. The topological polar surface area (TPSA) is 47.9 Å². The van der Waals surface area contributed by atoms with Crippen LogP contribution in [0.3, 0.4) is 0 Å². The van der Waals surface area contributed by atoms with Gasteiger partial charge in [0.05, 0.1) is 6.54 Å². The lowest BCUT2D eigenvalue weighted by atomic mass is 10.0. The second kappa shape index (κ2) is 8.88. The number of phenolic OH excluding ortho intramolecular Hbond substituents is 1. The predicted octanol–water partition coefficient (Wildman–Crippen LogP) is 5.63. The zero-order chi connectivity index (χ0) is 21.1. The van der Waals surface area contributed by atoms with Crippen LogP contribution in [0.4, 0.5) is 10.1 Å². The number of rotatable bonds is 3. The Morgan fingerprint density at radius 1 is 1.13 bits per heavy atom. The lowest BCUT2D eigenvalue weighted by Gasteiger charge is -2.32. The molecular weight excluding hydrogens is 445 g/mol. The van der Waals surface area contributed by atoms with Gasteiger partial charge >= 0.3 is 0 Å². The van der Waals surface area contributed by atoms with Crippen molar-refractivity contribution in [3.63, 3.8) is 0 Å². The molecule has 4 nitrogen and oxygen atoms in total. The molecule has 0 radical (unpaired) electrons. The molecule has 0 amide bonds. The molecule has 1 heterocycles. The second-order valence-corrected chi connectivity index (χ2v) is 8.36. The summed E-state index contributed by atoms with van der Waals surface area (Å²) in [6.07, 6.45) is 0.927. The van der Waals surface area contributed by atoms with Crippen molar-refractivity contribution in [2.45, 2.75) is 26.4 Å². The molecule has 2 N–H and O–H groups in total. The van der Waals surface area contributed by atoms with Crippen LogP contribution in [0.1, 0.15) is 22.3 Å². The predicted molar refractivity (Wildman–Crippen MR) is 122 cm³/mol. The van der Waals surface area contributed by atoms with Crippen LogP contribution in [0, 0.1) is 12.7 Å². The zero-order valence-corrected chi connectivity index (χ0v) is 18.3. The minimum Gasteiger partial charge on any atom is -0.508 e. The highest BCUT2D eigenvalue weighted by molar-refractivity contribution is 9.10. The average molecular weight is 468 g/mol. The minimum absolute atomic E-state index is 0.222. The van der Waals surface area contributed by atoms with E-state index in [2.05, 4.69) is 44.3 Å². The van der Waals surface area contributed by atoms with Crippen molar-refractivity contribution < 1.29 is 9.50 Å². The second-order valence-electron chi connectivity index (χ2n) is 7.44. The number of fused-ring (bicyclic) bond motifs is 1. The van der Waals surface area contributed by atoms with Gasteiger partial charge in [0.15, 0.2) is 5.96 Å². The molecule has 0 fully saturated rings. The highest BCUT2D eigenvalue weighted by atomic mass is 79.9. The summed E-state index contributed by atoms with van der Waals surface area (Å²) in [5.41, 5.74) is 4.93. The normalized spacial score (nSPS) is 13.8. The number of benzene rings is 3. The maximum atomic E-state index is 14.2. The van der Waals surface area contributed by atoms with E-state index in [1.165, 1.54) is 17.2 Å². The Balaban J connectivity index is 1.64. The molecule has 154 valence electrons. The number of anilines is 1. The first-order valence-corrected chi connectivity index (χ1v) is 10.7. The molecular formula is C24H23BrFN3O. The fourth-order valence-electron chi connectivity index (χ4n) is 3.63. The third-order valence-electron chi connectivity index (χ3n) is 5.29. The fourth-order valence-corrected chi connectivity index (χ4v) is 4.04. The smallest absolute Gasteiger partial charge is 0.199 e. The van der Waals surface area contributed by atoms with Gasteiger partial charge in [-0.2, -0.15) is 0 Å². The van der Waals surface area contributed by atoms with Crippen molar-refractivity contribution in [3.05, 3.63) is 93.2 Å². The highest BCUT2D eigenvalue weighted by Crippen LogP contribution is 2.24. The molecule has 0 unspecified atom stereocenters. The summed E-state index contributed by atoms with van der Waals surface area (Å²) >= 11 is 3.40. The molecule has 0 saturated carbocycles. The number of halogens is 2. The monoisotopic (exact) mass is 467 g/mol. The summed E-state index contributed by atoms with van der Waals surface area (Å²) in [6.45, 7) is 3.71. The lowest BCUT2D eigenvalue weighted by Crippen LogP contribution is -2.40. The van der Waals surface area contributed by atoms with E-state index < -0.39 is 0 Å². The first kappa shape index (κ1) is 20.4. The quantitative estimate of drug-likeness (QED) is 0.298. The minimum atomic E-state index is -0.272. The van der Waals surface area contributed by atoms with E-state index in [0.29, 0.717) is 11.5 Å². The molecule has 0 aliphatic carbocycles. The van der Waals surface area contributed by atoms with E-state index in [4.69, 9.17) is 4.99 Å². The third kappa shape index (κ3) is 4.65. The lowest BCUT2D eigenvalue weighted by molar-refractivity contribution is 0.391. The van der Waals surface area contributed by atoms with Crippen LogP contribution in [-0.4, -0.2) is 22.5 Å². The van der Waals surface area contributed by atoms with Crippen LogP contribution in [0.15, 0.2) is 70.1 Å². The van der Waals surface area contributed by atoms with Crippen molar-refractivity contribution in [2.24, 2.45) is 4.99 Å². The summed E-state index contributed by atoms with van der Waals surface area (Å²) in [5, 5.41) is 13.1. The molecule has 0 saturated heterocycles. The van der Waals surface area contributed by atoms with Gasteiger partial charge in [-0.3, -0.25) is 0 Å². The summed E-state index contributed by atoms with van der Waals surface area (Å²) < 4.78 is 15.1. The third-order valence-corrected chi connectivity index (χ3v) is 5.79.